The molecule has 3 rings (SSSR count). The Balaban J connectivity index is 0.00000261. The summed E-state index contributed by atoms with van der Waals surface area (Å²) < 4.78 is 0. The summed E-state index contributed by atoms with van der Waals surface area (Å²) in [5.41, 5.74) is 4.49. The standard InChI is InChI=1S/C22H22N2O2.ClH/c1-24(2)15-18-13-17(11-12-21(18)16-7-4-3-5-8-16)22(26)23-19-9-6-10-20(25)14-19;/h3-14,25H,15H2,1-2H3,(H,23,26);1H. The zero-order valence-electron chi connectivity index (χ0n) is 15.3. The Morgan fingerprint density at radius 3 is 2.37 bits per heavy atom. The Morgan fingerprint density at radius 1 is 0.963 bits per heavy atom. The normalized spacial score (nSPS) is 10.3. The van der Waals surface area contributed by atoms with Gasteiger partial charge in [0.2, 0.25) is 0 Å². The van der Waals surface area contributed by atoms with Crippen molar-refractivity contribution in [2.75, 3.05) is 19.4 Å². The van der Waals surface area contributed by atoms with Gasteiger partial charge in [0.05, 0.1) is 0 Å². The molecule has 0 saturated carbocycles. The number of phenolic OH excluding ortho intramolecular Hbond substituents is 1. The van der Waals surface area contributed by atoms with Crippen LogP contribution in [0.5, 0.6) is 5.75 Å². The highest BCUT2D eigenvalue weighted by Crippen LogP contribution is 2.26. The Bertz CT molecular complexity index is 911. The first-order valence-corrected chi connectivity index (χ1v) is 8.46. The smallest absolute Gasteiger partial charge is 0.255 e. The molecular weight excluding hydrogens is 360 g/mol. The van der Waals surface area contributed by atoms with Crippen molar-refractivity contribution in [1.29, 1.82) is 0 Å². The zero-order valence-corrected chi connectivity index (χ0v) is 16.2. The molecule has 1 amide bonds. The van der Waals surface area contributed by atoms with Crippen molar-refractivity contribution < 1.29 is 9.90 Å². The van der Waals surface area contributed by atoms with Crippen LogP contribution in [0.25, 0.3) is 11.1 Å². The van der Waals surface area contributed by atoms with Gasteiger partial charge in [-0.2, -0.15) is 0 Å². The van der Waals surface area contributed by atoms with Crippen LogP contribution >= 0.6 is 12.4 Å². The van der Waals surface area contributed by atoms with Crippen LogP contribution in [0.15, 0.2) is 72.8 Å². The SMILES string of the molecule is CN(C)Cc1cc(C(=O)Nc2cccc(O)c2)ccc1-c1ccccc1.Cl. The molecule has 0 fully saturated rings. The second kappa shape index (κ2) is 9.21. The molecule has 27 heavy (non-hydrogen) atoms. The summed E-state index contributed by atoms with van der Waals surface area (Å²) in [6.07, 6.45) is 0. The summed E-state index contributed by atoms with van der Waals surface area (Å²) in [6.45, 7) is 0.734. The summed E-state index contributed by atoms with van der Waals surface area (Å²) >= 11 is 0. The van der Waals surface area contributed by atoms with Gasteiger partial charge in [-0.3, -0.25) is 4.79 Å². The average molecular weight is 383 g/mol. The molecule has 0 spiro atoms. The van der Waals surface area contributed by atoms with Gasteiger partial charge in [0.15, 0.2) is 0 Å². The minimum Gasteiger partial charge on any atom is -0.508 e. The molecule has 140 valence electrons. The van der Waals surface area contributed by atoms with E-state index in [1.807, 2.05) is 50.5 Å². The van der Waals surface area contributed by atoms with E-state index >= 15 is 0 Å². The van der Waals surface area contributed by atoms with Gasteiger partial charge in [-0.1, -0.05) is 42.5 Å². The predicted octanol–water partition coefficient (Wildman–Crippen LogP) is 4.79. The van der Waals surface area contributed by atoms with E-state index in [0.29, 0.717) is 11.3 Å². The first-order valence-electron chi connectivity index (χ1n) is 8.46. The molecule has 0 heterocycles. The highest BCUT2D eigenvalue weighted by Gasteiger charge is 2.12. The van der Waals surface area contributed by atoms with E-state index in [4.69, 9.17) is 0 Å². The third-order valence-corrected chi connectivity index (χ3v) is 4.04. The van der Waals surface area contributed by atoms with Crippen LogP contribution in [0.1, 0.15) is 15.9 Å². The molecule has 0 aromatic heterocycles. The Hall–Kier alpha value is -2.82. The maximum Gasteiger partial charge on any atom is 0.255 e. The lowest BCUT2D eigenvalue weighted by Gasteiger charge is -2.16. The third-order valence-electron chi connectivity index (χ3n) is 4.04. The molecule has 4 nitrogen and oxygen atoms in total. The number of rotatable bonds is 5. The Labute approximate surface area is 165 Å². The zero-order chi connectivity index (χ0) is 18.5. The van der Waals surface area contributed by atoms with E-state index in [0.717, 1.165) is 23.2 Å². The maximum absolute atomic E-state index is 12.6. The summed E-state index contributed by atoms with van der Waals surface area (Å²) in [5.74, 6) is -0.0780. The van der Waals surface area contributed by atoms with Gasteiger partial charge in [-0.05, 0) is 55.1 Å². The second-order valence-corrected chi connectivity index (χ2v) is 6.48. The molecule has 0 bridgehead atoms. The lowest BCUT2D eigenvalue weighted by atomic mass is 9.97. The number of carbonyl (C=O) groups is 1. The van der Waals surface area contributed by atoms with Gasteiger partial charge in [-0.15, -0.1) is 12.4 Å². The van der Waals surface area contributed by atoms with Gasteiger partial charge in [0.25, 0.3) is 5.91 Å². The first-order chi connectivity index (χ1) is 12.5. The molecule has 0 saturated heterocycles. The Morgan fingerprint density at radius 2 is 1.70 bits per heavy atom. The van der Waals surface area contributed by atoms with Crippen LogP contribution < -0.4 is 5.32 Å². The van der Waals surface area contributed by atoms with E-state index in [1.54, 1.807) is 18.2 Å². The number of nitrogens with one attached hydrogen (secondary N) is 1. The quantitative estimate of drug-likeness (QED) is 0.666. The van der Waals surface area contributed by atoms with Crippen LogP contribution in [-0.2, 0) is 6.54 Å². The summed E-state index contributed by atoms with van der Waals surface area (Å²) in [7, 11) is 4.02. The van der Waals surface area contributed by atoms with Gasteiger partial charge >= 0.3 is 0 Å². The highest BCUT2D eigenvalue weighted by atomic mass is 35.5. The fraction of sp³-hybridized carbons (Fsp3) is 0.136. The molecule has 0 aliphatic heterocycles. The third kappa shape index (κ3) is 5.33. The van der Waals surface area contributed by atoms with Gasteiger partial charge in [0, 0.05) is 23.9 Å². The van der Waals surface area contributed by atoms with E-state index in [9.17, 15) is 9.90 Å². The molecule has 0 radical (unpaired) electrons. The van der Waals surface area contributed by atoms with Crippen molar-refractivity contribution in [2.45, 2.75) is 6.54 Å². The summed E-state index contributed by atoms with van der Waals surface area (Å²) in [6, 6.07) is 22.4. The van der Waals surface area contributed by atoms with Crippen molar-refractivity contribution in [1.82, 2.24) is 4.90 Å². The maximum atomic E-state index is 12.6. The molecule has 0 unspecified atom stereocenters. The van der Waals surface area contributed by atoms with E-state index < -0.39 is 0 Å². The minimum atomic E-state index is -0.199. The molecule has 5 heteroatoms. The molecule has 3 aromatic rings. The predicted molar refractivity (Wildman–Crippen MR) is 113 cm³/mol. The van der Waals surface area contributed by atoms with Crippen molar-refractivity contribution >= 4 is 24.0 Å². The Kier molecular flexibility index (Phi) is 6.99. The molecule has 2 N–H and O–H groups in total. The van der Waals surface area contributed by atoms with Crippen LogP contribution in [0.3, 0.4) is 0 Å². The monoisotopic (exact) mass is 382 g/mol. The van der Waals surface area contributed by atoms with Crippen molar-refractivity contribution in [2.24, 2.45) is 0 Å². The number of benzene rings is 3. The minimum absolute atomic E-state index is 0. The average Bonchev–Trinajstić information content (AvgIpc) is 2.62. The number of phenols is 1. The van der Waals surface area contributed by atoms with Gasteiger partial charge in [0.1, 0.15) is 5.75 Å². The fourth-order valence-corrected chi connectivity index (χ4v) is 2.89. The molecule has 0 aliphatic rings. The van der Waals surface area contributed by atoms with E-state index in [1.165, 1.54) is 6.07 Å². The van der Waals surface area contributed by atoms with E-state index in [2.05, 4.69) is 22.3 Å². The van der Waals surface area contributed by atoms with Crippen molar-refractivity contribution in [3.8, 4) is 16.9 Å². The van der Waals surface area contributed by atoms with Crippen LogP contribution in [-0.4, -0.2) is 30.0 Å². The van der Waals surface area contributed by atoms with E-state index in [-0.39, 0.29) is 24.1 Å². The number of halogens is 1. The second-order valence-electron chi connectivity index (χ2n) is 6.48. The molecule has 0 aliphatic carbocycles. The number of nitrogens with zero attached hydrogens (tertiary/aromatic N) is 1. The lowest BCUT2D eigenvalue weighted by Crippen LogP contribution is -2.15. The topological polar surface area (TPSA) is 52.6 Å². The van der Waals surface area contributed by atoms with Crippen LogP contribution in [0.2, 0.25) is 0 Å². The number of amides is 1. The van der Waals surface area contributed by atoms with Crippen LogP contribution in [0.4, 0.5) is 5.69 Å². The number of hydrogen-bond donors (Lipinski definition) is 2. The number of hydrogen-bond acceptors (Lipinski definition) is 3. The van der Waals surface area contributed by atoms with Gasteiger partial charge in [-0.25, -0.2) is 0 Å². The highest BCUT2D eigenvalue weighted by molar-refractivity contribution is 6.04. The lowest BCUT2D eigenvalue weighted by molar-refractivity contribution is 0.102. The largest absolute Gasteiger partial charge is 0.508 e. The molecule has 0 atom stereocenters. The number of carbonyl (C=O) groups excluding carboxylic acids is 1. The fourth-order valence-electron chi connectivity index (χ4n) is 2.89. The van der Waals surface area contributed by atoms with Crippen molar-refractivity contribution in [3.63, 3.8) is 0 Å². The van der Waals surface area contributed by atoms with Crippen LogP contribution in [0, 0.1) is 0 Å². The summed E-state index contributed by atoms with van der Waals surface area (Å²) in [4.78, 5) is 14.7. The summed E-state index contributed by atoms with van der Waals surface area (Å²) in [5, 5.41) is 12.4. The van der Waals surface area contributed by atoms with Crippen molar-refractivity contribution in [3.05, 3.63) is 83.9 Å². The molecular formula is C22H23ClN2O2. The number of anilines is 1. The first kappa shape index (κ1) is 20.5. The number of aromatic hydroxyl groups is 1. The molecule has 3 aromatic carbocycles. The van der Waals surface area contributed by atoms with Gasteiger partial charge < -0.3 is 15.3 Å².